The molecule has 0 spiro atoms. The molecule has 0 atom stereocenters. The first kappa shape index (κ1) is 12.6. The van der Waals surface area contributed by atoms with E-state index >= 15 is 0 Å². The average Bonchev–Trinajstić information content (AvgIpc) is 2.35. The number of hydrogen-bond donors (Lipinski definition) is 2. The fraction of sp³-hybridized carbons (Fsp3) is 0.250. The molecule has 0 saturated carbocycles. The minimum absolute atomic E-state index is 0.00642. The van der Waals surface area contributed by atoms with Gasteiger partial charge in [0.15, 0.2) is 5.84 Å². The van der Waals surface area contributed by atoms with Crippen LogP contribution >= 0.6 is 11.6 Å². The largest absolute Gasteiger partial charge is 0.409 e. The highest BCUT2D eigenvalue weighted by molar-refractivity contribution is 6.30. The molecule has 0 aromatic carbocycles. The second-order valence-corrected chi connectivity index (χ2v) is 4.64. The molecule has 0 aliphatic heterocycles. The highest BCUT2D eigenvalue weighted by atomic mass is 35.5. The zero-order valence-corrected chi connectivity index (χ0v) is 10.8. The third-order valence-electron chi connectivity index (χ3n) is 2.70. The summed E-state index contributed by atoms with van der Waals surface area (Å²) in [6, 6.07) is 1.74. The Kier molecular flexibility index (Phi) is 3.34. The van der Waals surface area contributed by atoms with Gasteiger partial charge in [-0.2, -0.15) is 0 Å². The first-order valence-electron chi connectivity index (χ1n) is 5.46. The van der Waals surface area contributed by atoms with Crippen LogP contribution < -0.4 is 5.73 Å². The third-order valence-corrected chi connectivity index (χ3v) is 2.91. The van der Waals surface area contributed by atoms with E-state index in [1.54, 1.807) is 18.5 Å². The molecule has 0 aliphatic carbocycles. The molecule has 0 radical (unpaired) electrons. The van der Waals surface area contributed by atoms with E-state index in [1.807, 2.05) is 13.8 Å². The van der Waals surface area contributed by atoms with E-state index in [4.69, 9.17) is 22.5 Å². The van der Waals surface area contributed by atoms with Crippen molar-refractivity contribution in [3.8, 4) is 0 Å². The van der Waals surface area contributed by atoms with Crippen LogP contribution in [0.4, 0.5) is 0 Å². The molecule has 94 valence electrons. The molecule has 2 heterocycles. The summed E-state index contributed by atoms with van der Waals surface area (Å²) in [7, 11) is 0. The predicted octanol–water partition coefficient (Wildman–Crippen LogP) is 2.50. The predicted molar refractivity (Wildman–Crippen MR) is 71.1 cm³/mol. The van der Waals surface area contributed by atoms with Crippen molar-refractivity contribution < 1.29 is 5.21 Å². The van der Waals surface area contributed by atoms with Gasteiger partial charge in [-0.05, 0) is 12.0 Å². The molecule has 2 aromatic heterocycles. The van der Waals surface area contributed by atoms with Gasteiger partial charge in [-0.3, -0.25) is 4.98 Å². The molecule has 0 aliphatic rings. The van der Waals surface area contributed by atoms with Gasteiger partial charge < -0.3 is 10.9 Å². The molecule has 0 amide bonds. The van der Waals surface area contributed by atoms with Crippen LogP contribution in [0.15, 0.2) is 23.6 Å². The Balaban J connectivity index is 2.84. The van der Waals surface area contributed by atoms with Crippen molar-refractivity contribution in [1.82, 2.24) is 9.97 Å². The summed E-state index contributed by atoms with van der Waals surface area (Å²) in [4.78, 5) is 8.39. The van der Waals surface area contributed by atoms with Crippen molar-refractivity contribution in [3.63, 3.8) is 0 Å². The van der Waals surface area contributed by atoms with Crippen molar-refractivity contribution in [2.75, 3.05) is 0 Å². The van der Waals surface area contributed by atoms with E-state index in [-0.39, 0.29) is 11.8 Å². The number of fused-ring (bicyclic) bond motifs is 1. The van der Waals surface area contributed by atoms with Crippen LogP contribution in [-0.4, -0.2) is 21.0 Å². The lowest BCUT2D eigenvalue weighted by molar-refractivity contribution is 0.318. The highest BCUT2D eigenvalue weighted by Gasteiger charge is 2.13. The molecular weight excluding hydrogens is 252 g/mol. The van der Waals surface area contributed by atoms with Crippen LogP contribution in [0.2, 0.25) is 5.15 Å². The maximum absolute atomic E-state index is 8.77. The first-order valence-corrected chi connectivity index (χ1v) is 5.84. The normalized spacial score (nSPS) is 12.3. The maximum atomic E-state index is 8.77. The fourth-order valence-corrected chi connectivity index (χ4v) is 2.01. The number of halogens is 1. The van der Waals surface area contributed by atoms with E-state index in [9.17, 15) is 0 Å². The van der Waals surface area contributed by atoms with Crippen molar-refractivity contribution in [2.24, 2.45) is 10.9 Å². The maximum Gasteiger partial charge on any atom is 0.172 e. The summed E-state index contributed by atoms with van der Waals surface area (Å²) in [5.74, 6) is 0.249. The van der Waals surface area contributed by atoms with Gasteiger partial charge in [-0.25, -0.2) is 4.98 Å². The zero-order chi connectivity index (χ0) is 13.3. The van der Waals surface area contributed by atoms with Gasteiger partial charge in [-0.1, -0.05) is 30.6 Å². The van der Waals surface area contributed by atoms with Crippen LogP contribution in [-0.2, 0) is 0 Å². The van der Waals surface area contributed by atoms with E-state index in [1.165, 1.54) is 0 Å². The summed E-state index contributed by atoms with van der Waals surface area (Å²) in [6.07, 6.45) is 3.20. The number of nitrogens with two attached hydrogens (primary N) is 1. The van der Waals surface area contributed by atoms with Crippen molar-refractivity contribution >= 4 is 28.2 Å². The number of hydrogen-bond acceptors (Lipinski definition) is 4. The summed E-state index contributed by atoms with van der Waals surface area (Å²) >= 11 is 5.91. The van der Waals surface area contributed by atoms with Crippen LogP contribution in [0.25, 0.3) is 10.8 Å². The number of nitrogens with zero attached hydrogens (tertiary/aromatic N) is 3. The number of rotatable bonds is 2. The molecule has 2 aromatic rings. The molecule has 0 fully saturated rings. The van der Waals surface area contributed by atoms with Gasteiger partial charge in [0.05, 0.1) is 5.69 Å². The first-order chi connectivity index (χ1) is 8.54. The van der Waals surface area contributed by atoms with Crippen molar-refractivity contribution in [3.05, 3.63) is 34.9 Å². The van der Waals surface area contributed by atoms with E-state index < -0.39 is 0 Å². The Labute approximate surface area is 109 Å². The lowest BCUT2D eigenvalue weighted by atomic mass is 10.0. The van der Waals surface area contributed by atoms with E-state index in [2.05, 4.69) is 15.1 Å². The summed E-state index contributed by atoms with van der Waals surface area (Å²) in [6.45, 7) is 4.08. The van der Waals surface area contributed by atoms with Gasteiger partial charge in [0, 0.05) is 28.7 Å². The zero-order valence-electron chi connectivity index (χ0n) is 10.1. The molecule has 0 unspecified atom stereocenters. The van der Waals surface area contributed by atoms with Crippen LogP contribution in [0, 0.1) is 0 Å². The number of amidine groups is 1. The monoisotopic (exact) mass is 264 g/mol. The Bertz CT molecular complexity index is 625. The topological polar surface area (TPSA) is 84.4 Å². The molecular formula is C12H13ClN4O. The van der Waals surface area contributed by atoms with Crippen molar-refractivity contribution in [2.45, 2.75) is 19.8 Å². The van der Waals surface area contributed by atoms with Gasteiger partial charge in [0.2, 0.25) is 0 Å². The Morgan fingerprint density at radius 1 is 1.33 bits per heavy atom. The Morgan fingerprint density at radius 3 is 2.67 bits per heavy atom. The molecule has 0 saturated heterocycles. The number of oxime groups is 1. The van der Waals surface area contributed by atoms with Gasteiger partial charge >= 0.3 is 0 Å². The molecule has 0 bridgehead atoms. The fourth-order valence-electron chi connectivity index (χ4n) is 1.85. The Hall–Kier alpha value is -1.88. The quantitative estimate of drug-likeness (QED) is 0.287. The van der Waals surface area contributed by atoms with Crippen LogP contribution in [0.3, 0.4) is 0 Å². The second-order valence-electron chi connectivity index (χ2n) is 4.25. The molecule has 2 rings (SSSR count). The lowest BCUT2D eigenvalue weighted by Gasteiger charge is -2.11. The highest BCUT2D eigenvalue weighted by Crippen LogP contribution is 2.27. The number of aromatic nitrogens is 2. The van der Waals surface area contributed by atoms with Crippen LogP contribution in [0.1, 0.15) is 31.0 Å². The molecule has 3 N–H and O–H groups in total. The average molecular weight is 265 g/mol. The SMILES string of the molecule is CC(C)c1ncc(C(N)=NO)c2cnc(Cl)cc12. The van der Waals surface area contributed by atoms with Gasteiger partial charge in [-0.15, -0.1) is 0 Å². The smallest absolute Gasteiger partial charge is 0.172 e. The Morgan fingerprint density at radius 2 is 2.06 bits per heavy atom. The summed E-state index contributed by atoms with van der Waals surface area (Å²) < 4.78 is 0. The van der Waals surface area contributed by atoms with Crippen LogP contribution in [0.5, 0.6) is 0 Å². The minimum atomic E-state index is 0.00642. The van der Waals surface area contributed by atoms with E-state index in [0.717, 1.165) is 16.5 Å². The molecule has 6 heteroatoms. The second kappa shape index (κ2) is 4.78. The van der Waals surface area contributed by atoms with Gasteiger partial charge in [0.1, 0.15) is 5.15 Å². The van der Waals surface area contributed by atoms with Crippen molar-refractivity contribution in [1.29, 1.82) is 0 Å². The van der Waals surface area contributed by atoms with E-state index in [0.29, 0.717) is 10.7 Å². The third kappa shape index (κ3) is 2.09. The summed E-state index contributed by atoms with van der Waals surface area (Å²) in [5.41, 5.74) is 7.07. The van der Waals surface area contributed by atoms with Gasteiger partial charge in [0.25, 0.3) is 0 Å². The lowest BCUT2D eigenvalue weighted by Crippen LogP contribution is -2.15. The molecule has 18 heavy (non-hydrogen) atoms. The standard InChI is InChI=1S/C12H13ClN4O/c1-6(2)11-7-3-10(13)15-4-8(7)9(5-16-11)12(14)17-18/h3-6,18H,1-2H3,(H2,14,17). The number of pyridine rings is 2. The minimum Gasteiger partial charge on any atom is -0.409 e. The molecule has 5 nitrogen and oxygen atoms in total. The summed E-state index contributed by atoms with van der Waals surface area (Å²) in [5, 5.41) is 13.8.